The maximum atomic E-state index is 12.3. The van der Waals surface area contributed by atoms with Crippen molar-refractivity contribution < 1.29 is 4.79 Å². The first kappa shape index (κ1) is 18.7. The van der Waals surface area contributed by atoms with Gasteiger partial charge in [0.1, 0.15) is 5.82 Å². The fourth-order valence-corrected chi connectivity index (χ4v) is 4.53. The molecule has 0 aliphatic carbocycles. The summed E-state index contributed by atoms with van der Waals surface area (Å²) in [6.45, 7) is 3.20. The summed E-state index contributed by atoms with van der Waals surface area (Å²) in [7, 11) is 1.96. The summed E-state index contributed by atoms with van der Waals surface area (Å²) in [5.41, 5.74) is 1.99. The van der Waals surface area contributed by atoms with Gasteiger partial charge in [0.25, 0.3) is 0 Å². The van der Waals surface area contributed by atoms with Gasteiger partial charge < -0.3 is 14.5 Å². The predicted molar refractivity (Wildman–Crippen MR) is 112 cm³/mol. The number of thioether (sulfide) groups is 1. The number of hydrogen-bond acceptors (Lipinski definition) is 6. The van der Waals surface area contributed by atoms with E-state index in [0.29, 0.717) is 6.54 Å². The van der Waals surface area contributed by atoms with Crippen LogP contribution in [0.1, 0.15) is 12.7 Å². The molecule has 4 rings (SSSR count). The van der Waals surface area contributed by atoms with Gasteiger partial charge in [0.05, 0.1) is 28.2 Å². The molecule has 3 heterocycles. The molecule has 0 aliphatic heterocycles. The number of nitrogens with zero attached hydrogens (tertiary/aromatic N) is 5. The Hall–Kier alpha value is -2.65. The predicted octanol–water partition coefficient (Wildman–Crippen LogP) is 3.32. The average molecular weight is 413 g/mol. The summed E-state index contributed by atoms with van der Waals surface area (Å²) >= 11 is 3.03. The largest absolute Gasteiger partial charge is 0.348 e. The number of para-hydroxylation sites is 2. The summed E-state index contributed by atoms with van der Waals surface area (Å²) in [5.74, 6) is 1.91. The van der Waals surface area contributed by atoms with Crippen LogP contribution in [0.3, 0.4) is 0 Å². The van der Waals surface area contributed by atoms with E-state index in [9.17, 15) is 4.79 Å². The Morgan fingerprint density at radius 1 is 1.21 bits per heavy atom. The van der Waals surface area contributed by atoms with Gasteiger partial charge in [-0.1, -0.05) is 30.0 Å². The fraction of sp³-hybridized carbons (Fsp3) is 0.263. The normalized spacial score (nSPS) is 11.2. The monoisotopic (exact) mass is 412 g/mol. The summed E-state index contributed by atoms with van der Waals surface area (Å²) in [4.78, 5) is 18.0. The van der Waals surface area contributed by atoms with E-state index in [1.54, 1.807) is 11.3 Å². The molecule has 1 aromatic carbocycles. The highest BCUT2D eigenvalue weighted by Crippen LogP contribution is 2.27. The number of amides is 1. The van der Waals surface area contributed by atoms with E-state index in [1.165, 1.54) is 11.8 Å². The van der Waals surface area contributed by atoms with E-state index in [0.717, 1.165) is 39.3 Å². The van der Waals surface area contributed by atoms with Crippen LogP contribution in [0, 0.1) is 0 Å². The van der Waals surface area contributed by atoms with E-state index in [2.05, 4.69) is 27.4 Å². The van der Waals surface area contributed by atoms with Crippen molar-refractivity contribution in [1.29, 1.82) is 0 Å². The SMILES string of the molecule is CCn1c(SCC(=O)NCc2nc3ccccc3n2C)nnc1-c1cccs1. The molecule has 0 atom stereocenters. The van der Waals surface area contributed by atoms with E-state index in [1.807, 2.05) is 58.0 Å². The molecule has 7 nitrogen and oxygen atoms in total. The van der Waals surface area contributed by atoms with Crippen LogP contribution in [0.15, 0.2) is 46.9 Å². The second kappa shape index (κ2) is 8.15. The number of thiophene rings is 1. The molecule has 9 heteroatoms. The van der Waals surface area contributed by atoms with Crippen molar-refractivity contribution in [2.45, 2.75) is 25.2 Å². The smallest absolute Gasteiger partial charge is 0.230 e. The van der Waals surface area contributed by atoms with Crippen LogP contribution in [0.25, 0.3) is 21.7 Å². The lowest BCUT2D eigenvalue weighted by atomic mass is 10.3. The quantitative estimate of drug-likeness (QED) is 0.471. The van der Waals surface area contributed by atoms with Gasteiger partial charge in [-0.2, -0.15) is 0 Å². The molecule has 0 saturated heterocycles. The van der Waals surface area contributed by atoms with Gasteiger partial charge in [-0.3, -0.25) is 4.79 Å². The van der Waals surface area contributed by atoms with Gasteiger partial charge in [-0.05, 0) is 30.5 Å². The lowest BCUT2D eigenvalue weighted by Crippen LogP contribution is -2.26. The fourth-order valence-electron chi connectivity index (χ4n) is 2.98. The molecule has 0 bridgehead atoms. The highest BCUT2D eigenvalue weighted by molar-refractivity contribution is 7.99. The Balaban J connectivity index is 1.38. The van der Waals surface area contributed by atoms with Crippen LogP contribution in [0.4, 0.5) is 0 Å². The first-order valence-corrected chi connectivity index (χ1v) is 10.8. The molecule has 144 valence electrons. The van der Waals surface area contributed by atoms with Crippen LogP contribution in [0.2, 0.25) is 0 Å². The number of imidazole rings is 1. The molecule has 1 N–H and O–H groups in total. The van der Waals surface area contributed by atoms with Crippen LogP contribution in [0.5, 0.6) is 0 Å². The molecule has 0 unspecified atom stereocenters. The van der Waals surface area contributed by atoms with Gasteiger partial charge in [0.15, 0.2) is 11.0 Å². The number of benzene rings is 1. The van der Waals surface area contributed by atoms with Crippen molar-refractivity contribution in [3.63, 3.8) is 0 Å². The molecule has 0 saturated carbocycles. The maximum Gasteiger partial charge on any atom is 0.230 e. The third kappa shape index (κ3) is 3.67. The molecule has 0 aliphatic rings. The Morgan fingerprint density at radius 3 is 2.82 bits per heavy atom. The number of aromatic nitrogens is 5. The number of carbonyl (C=O) groups is 1. The highest BCUT2D eigenvalue weighted by Gasteiger charge is 2.15. The van der Waals surface area contributed by atoms with Gasteiger partial charge in [0.2, 0.25) is 5.91 Å². The standard InChI is InChI=1S/C19H20N6OS2/c1-3-25-18(15-9-6-10-27-15)22-23-19(25)28-12-17(26)20-11-16-21-13-7-4-5-8-14(13)24(16)2/h4-10H,3,11-12H2,1-2H3,(H,20,26). The van der Waals surface area contributed by atoms with E-state index >= 15 is 0 Å². The molecule has 1 amide bonds. The Kier molecular flexibility index (Phi) is 5.45. The van der Waals surface area contributed by atoms with Gasteiger partial charge in [0, 0.05) is 13.6 Å². The summed E-state index contributed by atoms with van der Waals surface area (Å²) < 4.78 is 4.04. The molecule has 0 spiro atoms. The Morgan fingerprint density at radius 2 is 2.07 bits per heavy atom. The first-order chi connectivity index (χ1) is 13.7. The molecule has 28 heavy (non-hydrogen) atoms. The van der Waals surface area contributed by atoms with Crippen molar-refractivity contribution in [2.24, 2.45) is 7.05 Å². The Labute approximate surface area is 170 Å². The zero-order chi connectivity index (χ0) is 19.5. The number of hydrogen-bond donors (Lipinski definition) is 1. The lowest BCUT2D eigenvalue weighted by Gasteiger charge is -2.07. The average Bonchev–Trinajstić information content (AvgIpc) is 3.44. The number of fused-ring (bicyclic) bond motifs is 1. The summed E-state index contributed by atoms with van der Waals surface area (Å²) in [5, 5.41) is 14.3. The molecule has 0 radical (unpaired) electrons. The summed E-state index contributed by atoms with van der Waals surface area (Å²) in [6.07, 6.45) is 0. The topological polar surface area (TPSA) is 77.6 Å². The van der Waals surface area contributed by atoms with E-state index in [-0.39, 0.29) is 11.7 Å². The lowest BCUT2D eigenvalue weighted by molar-refractivity contribution is -0.118. The van der Waals surface area contributed by atoms with Crippen LogP contribution >= 0.6 is 23.1 Å². The number of carbonyl (C=O) groups excluding carboxylic acids is 1. The highest BCUT2D eigenvalue weighted by atomic mass is 32.2. The second-order valence-corrected chi connectivity index (χ2v) is 8.06. The zero-order valence-electron chi connectivity index (χ0n) is 15.6. The minimum absolute atomic E-state index is 0.0552. The van der Waals surface area contributed by atoms with Crippen molar-refractivity contribution in [3.8, 4) is 10.7 Å². The van der Waals surface area contributed by atoms with Crippen LogP contribution in [-0.4, -0.2) is 36.0 Å². The Bertz CT molecular complexity index is 1100. The summed E-state index contributed by atoms with van der Waals surface area (Å²) in [6, 6.07) is 12.0. The number of rotatable bonds is 7. The second-order valence-electron chi connectivity index (χ2n) is 6.17. The van der Waals surface area contributed by atoms with Crippen LogP contribution < -0.4 is 5.32 Å². The van der Waals surface area contributed by atoms with Crippen LogP contribution in [-0.2, 0) is 24.9 Å². The van der Waals surface area contributed by atoms with Crippen molar-refractivity contribution in [3.05, 3.63) is 47.6 Å². The van der Waals surface area contributed by atoms with Crippen molar-refractivity contribution >= 4 is 40.0 Å². The van der Waals surface area contributed by atoms with Crippen molar-refractivity contribution in [2.75, 3.05) is 5.75 Å². The first-order valence-electron chi connectivity index (χ1n) is 8.94. The van der Waals surface area contributed by atoms with E-state index < -0.39 is 0 Å². The number of aryl methyl sites for hydroxylation is 1. The number of nitrogens with one attached hydrogen (secondary N) is 1. The van der Waals surface area contributed by atoms with Crippen molar-refractivity contribution in [1.82, 2.24) is 29.6 Å². The molecule has 4 aromatic rings. The molecular weight excluding hydrogens is 392 g/mol. The van der Waals surface area contributed by atoms with E-state index in [4.69, 9.17) is 0 Å². The molecule has 0 fully saturated rings. The third-order valence-corrected chi connectivity index (χ3v) is 6.26. The van der Waals surface area contributed by atoms with Gasteiger partial charge >= 0.3 is 0 Å². The zero-order valence-corrected chi connectivity index (χ0v) is 17.3. The van der Waals surface area contributed by atoms with Gasteiger partial charge in [-0.25, -0.2) is 4.98 Å². The molecule has 3 aromatic heterocycles. The minimum atomic E-state index is -0.0552. The molecular formula is C19H20N6OS2. The maximum absolute atomic E-state index is 12.3. The van der Waals surface area contributed by atoms with Gasteiger partial charge in [-0.15, -0.1) is 21.5 Å². The third-order valence-electron chi connectivity index (χ3n) is 4.43. The minimum Gasteiger partial charge on any atom is -0.348 e.